The van der Waals surface area contributed by atoms with Crippen molar-refractivity contribution >= 4 is 28.8 Å². The van der Waals surface area contributed by atoms with Crippen molar-refractivity contribution in [2.24, 2.45) is 0 Å². The Morgan fingerprint density at radius 2 is 2.00 bits per heavy atom. The number of aromatic nitrogens is 5. The van der Waals surface area contributed by atoms with Crippen LogP contribution in [0.3, 0.4) is 0 Å². The van der Waals surface area contributed by atoms with E-state index >= 15 is 0 Å². The molecule has 32 heavy (non-hydrogen) atoms. The van der Waals surface area contributed by atoms with E-state index in [0.29, 0.717) is 18.8 Å². The van der Waals surface area contributed by atoms with E-state index in [2.05, 4.69) is 70.3 Å². The summed E-state index contributed by atoms with van der Waals surface area (Å²) >= 11 is 1.50. The highest BCUT2D eigenvalue weighted by molar-refractivity contribution is 7.13. The summed E-state index contributed by atoms with van der Waals surface area (Å²) in [4.78, 5) is 26.7. The SMILES string of the molecule is Cc1cc(-c2ccnc(Nc3cn[nH]c3)n2)ccc1CCC(=O)c1cnc(C(C)(C)C)s1. The third-order valence-electron chi connectivity index (χ3n) is 5.09. The van der Waals surface area contributed by atoms with Gasteiger partial charge in [0.05, 0.1) is 27.5 Å². The number of aromatic amines is 1. The van der Waals surface area contributed by atoms with Crippen molar-refractivity contribution in [1.82, 2.24) is 25.1 Å². The summed E-state index contributed by atoms with van der Waals surface area (Å²) in [5, 5.41) is 10.8. The number of aryl methyl sites for hydroxylation is 2. The zero-order valence-corrected chi connectivity index (χ0v) is 19.5. The fraction of sp³-hybridized carbons (Fsp3) is 0.292. The molecule has 2 N–H and O–H groups in total. The predicted molar refractivity (Wildman–Crippen MR) is 128 cm³/mol. The van der Waals surface area contributed by atoms with E-state index in [4.69, 9.17) is 0 Å². The van der Waals surface area contributed by atoms with Crippen molar-refractivity contribution in [3.8, 4) is 11.3 Å². The molecular formula is C24H26N6OS. The number of Topliss-reactive ketones (excluding diaryl/α,β-unsaturated/α-hetero) is 1. The van der Waals surface area contributed by atoms with Crippen molar-refractivity contribution in [2.75, 3.05) is 5.32 Å². The molecule has 0 radical (unpaired) electrons. The maximum Gasteiger partial charge on any atom is 0.227 e. The van der Waals surface area contributed by atoms with Gasteiger partial charge in [0.2, 0.25) is 5.95 Å². The number of benzene rings is 1. The summed E-state index contributed by atoms with van der Waals surface area (Å²) < 4.78 is 0. The van der Waals surface area contributed by atoms with E-state index in [1.54, 1.807) is 24.8 Å². The smallest absolute Gasteiger partial charge is 0.227 e. The van der Waals surface area contributed by atoms with Crippen LogP contribution in [0.4, 0.5) is 11.6 Å². The molecule has 0 atom stereocenters. The van der Waals surface area contributed by atoms with Gasteiger partial charge in [-0.05, 0) is 36.6 Å². The van der Waals surface area contributed by atoms with E-state index in [-0.39, 0.29) is 11.2 Å². The van der Waals surface area contributed by atoms with Gasteiger partial charge in [0.1, 0.15) is 0 Å². The van der Waals surface area contributed by atoms with E-state index < -0.39 is 0 Å². The lowest BCUT2D eigenvalue weighted by molar-refractivity contribution is 0.0986. The van der Waals surface area contributed by atoms with Crippen molar-refractivity contribution in [1.29, 1.82) is 0 Å². The number of hydrogen-bond acceptors (Lipinski definition) is 7. The third-order valence-corrected chi connectivity index (χ3v) is 6.56. The largest absolute Gasteiger partial charge is 0.321 e. The van der Waals surface area contributed by atoms with E-state index in [9.17, 15) is 4.79 Å². The highest BCUT2D eigenvalue weighted by atomic mass is 32.1. The Bertz CT molecular complexity index is 1220. The molecule has 164 valence electrons. The first-order chi connectivity index (χ1) is 15.3. The second-order valence-electron chi connectivity index (χ2n) is 8.72. The first-order valence-corrected chi connectivity index (χ1v) is 11.3. The molecule has 0 aliphatic rings. The van der Waals surface area contributed by atoms with Gasteiger partial charge in [-0.25, -0.2) is 15.0 Å². The molecule has 4 aromatic rings. The number of nitrogens with zero attached hydrogens (tertiary/aromatic N) is 4. The number of H-pyrrole nitrogens is 1. The zero-order valence-electron chi connectivity index (χ0n) is 18.6. The minimum absolute atomic E-state index is 0.0372. The average molecular weight is 447 g/mol. The van der Waals surface area contributed by atoms with Crippen LogP contribution in [0.1, 0.15) is 53.0 Å². The molecule has 4 rings (SSSR count). The number of anilines is 2. The Balaban J connectivity index is 1.43. The van der Waals surface area contributed by atoms with Crippen LogP contribution in [0.25, 0.3) is 11.3 Å². The molecular weight excluding hydrogens is 420 g/mol. The van der Waals surface area contributed by atoms with Crippen LogP contribution in [0.5, 0.6) is 0 Å². The fourth-order valence-electron chi connectivity index (χ4n) is 3.28. The van der Waals surface area contributed by atoms with Crippen LogP contribution in [0.15, 0.2) is 49.1 Å². The molecule has 3 heterocycles. The first-order valence-electron chi connectivity index (χ1n) is 10.5. The minimum atomic E-state index is -0.0372. The molecule has 8 heteroatoms. The molecule has 0 saturated heterocycles. The number of rotatable bonds is 7. The van der Waals surface area contributed by atoms with Crippen LogP contribution in [0, 0.1) is 6.92 Å². The monoisotopic (exact) mass is 446 g/mol. The summed E-state index contributed by atoms with van der Waals surface area (Å²) in [6.07, 6.45) is 8.03. The predicted octanol–water partition coefficient (Wildman–Crippen LogP) is 5.49. The van der Waals surface area contributed by atoms with Gasteiger partial charge >= 0.3 is 0 Å². The number of ketones is 1. The lowest BCUT2D eigenvalue weighted by Gasteiger charge is -2.13. The zero-order chi connectivity index (χ0) is 22.7. The van der Waals surface area contributed by atoms with Gasteiger partial charge in [0.25, 0.3) is 0 Å². The topological polar surface area (TPSA) is 96.5 Å². The lowest BCUT2D eigenvalue weighted by atomic mass is 9.98. The number of nitrogens with one attached hydrogen (secondary N) is 2. The molecule has 0 unspecified atom stereocenters. The van der Waals surface area contributed by atoms with Crippen molar-refractivity contribution in [3.05, 3.63) is 70.1 Å². The highest BCUT2D eigenvalue weighted by Gasteiger charge is 2.20. The van der Waals surface area contributed by atoms with Crippen LogP contribution in [-0.2, 0) is 11.8 Å². The Hall–Kier alpha value is -3.39. The average Bonchev–Trinajstić information content (AvgIpc) is 3.45. The van der Waals surface area contributed by atoms with Gasteiger partial charge in [-0.3, -0.25) is 9.89 Å². The number of carbonyl (C=O) groups excluding carboxylic acids is 1. The van der Waals surface area contributed by atoms with E-state index in [0.717, 1.165) is 38.0 Å². The van der Waals surface area contributed by atoms with Gasteiger partial charge in [0, 0.05) is 36.0 Å². The van der Waals surface area contributed by atoms with Crippen molar-refractivity contribution in [3.63, 3.8) is 0 Å². The molecule has 3 aromatic heterocycles. The molecule has 1 aromatic carbocycles. The molecule has 0 saturated carbocycles. The molecule has 0 aliphatic carbocycles. The molecule has 0 spiro atoms. The van der Waals surface area contributed by atoms with Crippen molar-refractivity contribution in [2.45, 2.75) is 46.0 Å². The molecule has 0 bridgehead atoms. The maximum atomic E-state index is 12.7. The standard InChI is InChI=1S/C24H26N6OS/c1-15-11-17(19-9-10-25-23(30-19)29-18-12-27-28-13-18)6-5-16(15)7-8-20(31)21-14-26-22(32-21)24(2,3)4/h5-6,9-14H,7-8H2,1-4H3,(H,27,28)(H,25,29,30). The third kappa shape index (κ3) is 5.08. The normalized spacial score (nSPS) is 11.5. The Morgan fingerprint density at radius 3 is 2.69 bits per heavy atom. The van der Waals surface area contributed by atoms with E-state index in [1.165, 1.54) is 11.3 Å². The van der Waals surface area contributed by atoms with Crippen LogP contribution in [0.2, 0.25) is 0 Å². The van der Waals surface area contributed by atoms with Crippen LogP contribution < -0.4 is 5.32 Å². The van der Waals surface area contributed by atoms with Crippen LogP contribution in [-0.4, -0.2) is 30.9 Å². The van der Waals surface area contributed by atoms with Gasteiger partial charge in [-0.15, -0.1) is 11.3 Å². The Morgan fingerprint density at radius 1 is 1.16 bits per heavy atom. The number of carbonyl (C=O) groups is 1. The summed E-state index contributed by atoms with van der Waals surface area (Å²) in [6.45, 7) is 8.40. The first kappa shape index (κ1) is 21.8. The maximum absolute atomic E-state index is 12.7. The van der Waals surface area contributed by atoms with Crippen molar-refractivity contribution < 1.29 is 4.79 Å². The summed E-state index contributed by atoms with van der Waals surface area (Å²) in [7, 11) is 0. The van der Waals surface area contributed by atoms with Gasteiger partial charge in [-0.2, -0.15) is 5.10 Å². The van der Waals surface area contributed by atoms with Gasteiger partial charge in [0.15, 0.2) is 5.78 Å². The Kier molecular flexibility index (Phi) is 6.14. The second-order valence-corrected chi connectivity index (χ2v) is 9.75. The second kappa shape index (κ2) is 9.00. The summed E-state index contributed by atoms with van der Waals surface area (Å²) in [5.41, 5.74) is 4.90. The summed E-state index contributed by atoms with van der Waals surface area (Å²) in [5.74, 6) is 0.655. The van der Waals surface area contributed by atoms with Gasteiger partial charge in [-0.1, -0.05) is 32.9 Å². The molecule has 0 fully saturated rings. The van der Waals surface area contributed by atoms with Crippen LogP contribution >= 0.6 is 11.3 Å². The molecule has 0 amide bonds. The minimum Gasteiger partial charge on any atom is -0.321 e. The fourth-order valence-corrected chi connectivity index (χ4v) is 4.23. The van der Waals surface area contributed by atoms with E-state index in [1.807, 2.05) is 12.1 Å². The lowest BCUT2D eigenvalue weighted by Crippen LogP contribution is -2.09. The summed E-state index contributed by atoms with van der Waals surface area (Å²) in [6, 6.07) is 8.11. The van der Waals surface area contributed by atoms with Gasteiger partial charge < -0.3 is 5.32 Å². The number of hydrogen-bond donors (Lipinski definition) is 2. The molecule has 0 aliphatic heterocycles. The molecule has 7 nitrogen and oxygen atoms in total. The Labute approximate surface area is 191 Å². The quantitative estimate of drug-likeness (QED) is 0.365. The number of thiazole rings is 1. The highest BCUT2D eigenvalue weighted by Crippen LogP contribution is 2.28.